The second kappa shape index (κ2) is 9.26. The maximum atomic E-state index is 11.4. The molecule has 98 valence electrons. The Labute approximate surface area is 105 Å². The number of allylic oxidation sites excluding steroid dienone is 1. The van der Waals surface area contributed by atoms with Crippen molar-refractivity contribution < 1.29 is 9.53 Å². The maximum absolute atomic E-state index is 11.4. The molecule has 0 bridgehead atoms. The zero-order valence-electron chi connectivity index (χ0n) is 11.1. The van der Waals surface area contributed by atoms with Gasteiger partial charge in [0.25, 0.3) is 0 Å². The van der Waals surface area contributed by atoms with Crippen LogP contribution in [0.4, 0.5) is 0 Å². The fourth-order valence-electron chi connectivity index (χ4n) is 2.10. The summed E-state index contributed by atoms with van der Waals surface area (Å²) in [7, 11) is 0. The molecule has 0 aromatic rings. The number of rotatable bonds is 0. The molecule has 17 heavy (non-hydrogen) atoms. The molecule has 1 rings (SSSR count). The SMILES string of the molecule is C[C@@H]1/C=C\CCCCCCCCCC(=O)OC1. The van der Waals surface area contributed by atoms with Crippen molar-refractivity contribution >= 4 is 5.97 Å². The molecule has 2 heteroatoms. The van der Waals surface area contributed by atoms with Gasteiger partial charge in [-0.25, -0.2) is 0 Å². The lowest BCUT2D eigenvalue weighted by atomic mass is 10.1. The first-order chi connectivity index (χ1) is 8.29. The van der Waals surface area contributed by atoms with E-state index in [1.54, 1.807) is 0 Å². The first-order valence-electron chi connectivity index (χ1n) is 7.11. The first kappa shape index (κ1) is 14.3. The summed E-state index contributed by atoms with van der Waals surface area (Å²) in [6.07, 6.45) is 14.9. The lowest BCUT2D eigenvalue weighted by molar-refractivity contribution is -0.144. The van der Waals surface area contributed by atoms with Crippen molar-refractivity contribution in [3.05, 3.63) is 12.2 Å². The molecule has 0 saturated carbocycles. The molecule has 0 aliphatic carbocycles. The summed E-state index contributed by atoms with van der Waals surface area (Å²) in [5.41, 5.74) is 0. The highest BCUT2D eigenvalue weighted by atomic mass is 16.5. The van der Waals surface area contributed by atoms with E-state index >= 15 is 0 Å². The predicted molar refractivity (Wildman–Crippen MR) is 70.8 cm³/mol. The van der Waals surface area contributed by atoms with Crippen molar-refractivity contribution in [3.63, 3.8) is 0 Å². The Kier molecular flexibility index (Phi) is 7.78. The molecule has 0 spiro atoms. The highest BCUT2D eigenvalue weighted by molar-refractivity contribution is 5.69. The Balaban J connectivity index is 2.31. The van der Waals surface area contributed by atoms with Gasteiger partial charge in [-0.2, -0.15) is 0 Å². The molecule has 0 aromatic heterocycles. The van der Waals surface area contributed by atoms with E-state index in [1.165, 1.54) is 38.5 Å². The topological polar surface area (TPSA) is 26.3 Å². The van der Waals surface area contributed by atoms with Crippen LogP contribution in [0.3, 0.4) is 0 Å². The Morgan fingerprint density at radius 3 is 2.47 bits per heavy atom. The van der Waals surface area contributed by atoms with E-state index in [1.807, 2.05) is 0 Å². The molecule has 1 heterocycles. The summed E-state index contributed by atoms with van der Waals surface area (Å²) in [5.74, 6) is 0.323. The van der Waals surface area contributed by atoms with Gasteiger partial charge in [0.2, 0.25) is 0 Å². The Hall–Kier alpha value is -0.790. The summed E-state index contributed by atoms with van der Waals surface area (Å²) in [4.78, 5) is 11.4. The molecule has 0 N–H and O–H groups in total. The van der Waals surface area contributed by atoms with Gasteiger partial charge >= 0.3 is 5.97 Å². The van der Waals surface area contributed by atoms with Crippen molar-refractivity contribution in [1.82, 2.24) is 0 Å². The van der Waals surface area contributed by atoms with Crippen LogP contribution in [-0.2, 0) is 9.53 Å². The smallest absolute Gasteiger partial charge is 0.305 e. The van der Waals surface area contributed by atoms with Gasteiger partial charge in [-0.1, -0.05) is 51.2 Å². The van der Waals surface area contributed by atoms with E-state index < -0.39 is 0 Å². The zero-order valence-corrected chi connectivity index (χ0v) is 11.1. The maximum Gasteiger partial charge on any atom is 0.305 e. The van der Waals surface area contributed by atoms with Crippen molar-refractivity contribution in [1.29, 1.82) is 0 Å². The summed E-state index contributed by atoms with van der Waals surface area (Å²) in [5, 5.41) is 0. The van der Waals surface area contributed by atoms with Crippen molar-refractivity contribution in [3.8, 4) is 0 Å². The standard InChI is InChI=1S/C15H26O2/c1-14-11-9-7-5-3-2-4-6-8-10-12-15(16)17-13-14/h9,11,14H,2-8,10,12-13H2,1H3/b11-9-/t14-/m1/s1. The summed E-state index contributed by atoms with van der Waals surface area (Å²) in [6.45, 7) is 2.64. The van der Waals surface area contributed by atoms with Gasteiger partial charge < -0.3 is 4.74 Å². The van der Waals surface area contributed by atoms with Crippen LogP contribution >= 0.6 is 0 Å². The summed E-state index contributed by atoms with van der Waals surface area (Å²) < 4.78 is 5.24. The monoisotopic (exact) mass is 238 g/mol. The Morgan fingerprint density at radius 1 is 1.06 bits per heavy atom. The van der Waals surface area contributed by atoms with Gasteiger partial charge in [0, 0.05) is 12.3 Å². The average Bonchev–Trinajstić information content (AvgIpc) is 2.33. The van der Waals surface area contributed by atoms with E-state index in [9.17, 15) is 4.79 Å². The van der Waals surface area contributed by atoms with E-state index in [0.717, 1.165) is 12.8 Å². The normalized spacial score (nSPS) is 27.6. The second-order valence-corrected chi connectivity index (χ2v) is 5.10. The van der Waals surface area contributed by atoms with Crippen LogP contribution in [0.15, 0.2) is 12.2 Å². The third-order valence-corrected chi connectivity index (χ3v) is 3.22. The van der Waals surface area contributed by atoms with Crippen LogP contribution < -0.4 is 0 Å². The fourth-order valence-corrected chi connectivity index (χ4v) is 2.10. The van der Waals surface area contributed by atoms with Crippen molar-refractivity contribution in [2.75, 3.05) is 6.61 Å². The number of ether oxygens (including phenoxy) is 1. The lowest BCUT2D eigenvalue weighted by Gasteiger charge is -2.08. The molecule has 0 saturated heterocycles. The molecule has 0 aromatic carbocycles. The number of carbonyl (C=O) groups excluding carboxylic acids is 1. The van der Waals surface area contributed by atoms with Crippen LogP contribution in [0.1, 0.15) is 64.7 Å². The van der Waals surface area contributed by atoms with Crippen LogP contribution in [0.5, 0.6) is 0 Å². The largest absolute Gasteiger partial charge is 0.465 e. The molecule has 0 unspecified atom stereocenters. The fraction of sp³-hybridized carbons (Fsp3) is 0.800. The molecule has 0 radical (unpaired) electrons. The lowest BCUT2D eigenvalue weighted by Crippen LogP contribution is -2.10. The first-order valence-corrected chi connectivity index (χ1v) is 7.11. The second-order valence-electron chi connectivity index (χ2n) is 5.10. The van der Waals surface area contributed by atoms with Crippen LogP contribution in [0, 0.1) is 5.92 Å². The zero-order chi connectivity index (χ0) is 12.3. The van der Waals surface area contributed by atoms with E-state index in [2.05, 4.69) is 19.1 Å². The molecule has 1 atom stereocenters. The van der Waals surface area contributed by atoms with Gasteiger partial charge in [0.05, 0.1) is 6.61 Å². The summed E-state index contributed by atoms with van der Waals surface area (Å²) >= 11 is 0. The van der Waals surface area contributed by atoms with Crippen LogP contribution in [0.2, 0.25) is 0 Å². The van der Waals surface area contributed by atoms with E-state index in [0.29, 0.717) is 18.9 Å². The number of carbonyl (C=O) groups is 1. The highest BCUT2D eigenvalue weighted by Crippen LogP contribution is 2.12. The quantitative estimate of drug-likeness (QED) is 0.466. The molecule has 1 aliphatic heterocycles. The Bertz CT molecular complexity index is 233. The molecular formula is C15H26O2. The minimum absolute atomic E-state index is 0.0277. The third kappa shape index (κ3) is 8.00. The predicted octanol–water partition coefficient (Wildman–Crippen LogP) is 4.25. The average molecular weight is 238 g/mol. The number of hydrogen-bond acceptors (Lipinski definition) is 2. The number of cyclic esters (lactones) is 1. The summed E-state index contributed by atoms with van der Waals surface area (Å²) in [6, 6.07) is 0. The van der Waals surface area contributed by atoms with Crippen molar-refractivity contribution in [2.45, 2.75) is 64.7 Å². The minimum atomic E-state index is -0.0277. The van der Waals surface area contributed by atoms with Gasteiger partial charge in [0.1, 0.15) is 0 Å². The number of hydrogen-bond donors (Lipinski definition) is 0. The molecule has 0 fully saturated rings. The number of esters is 1. The van der Waals surface area contributed by atoms with Gasteiger partial charge in [-0.15, -0.1) is 0 Å². The van der Waals surface area contributed by atoms with Crippen molar-refractivity contribution in [2.24, 2.45) is 5.92 Å². The van der Waals surface area contributed by atoms with Gasteiger partial charge in [-0.05, 0) is 19.3 Å². The molecule has 0 amide bonds. The van der Waals surface area contributed by atoms with E-state index in [-0.39, 0.29) is 5.97 Å². The van der Waals surface area contributed by atoms with Gasteiger partial charge in [0.15, 0.2) is 0 Å². The molecule has 1 aliphatic rings. The Morgan fingerprint density at radius 2 is 1.71 bits per heavy atom. The van der Waals surface area contributed by atoms with E-state index in [4.69, 9.17) is 4.74 Å². The highest BCUT2D eigenvalue weighted by Gasteiger charge is 2.05. The van der Waals surface area contributed by atoms with Gasteiger partial charge in [-0.3, -0.25) is 4.79 Å². The minimum Gasteiger partial charge on any atom is -0.465 e. The van der Waals surface area contributed by atoms with Crippen LogP contribution in [-0.4, -0.2) is 12.6 Å². The van der Waals surface area contributed by atoms with Crippen LogP contribution in [0.25, 0.3) is 0 Å². The molecule has 2 nitrogen and oxygen atoms in total. The molecular weight excluding hydrogens is 212 g/mol. The third-order valence-electron chi connectivity index (χ3n) is 3.22.